The molecule has 2 rings (SSSR count). The predicted octanol–water partition coefficient (Wildman–Crippen LogP) is 3.04. The summed E-state index contributed by atoms with van der Waals surface area (Å²) in [5, 5.41) is 0.0981. The lowest BCUT2D eigenvalue weighted by Gasteiger charge is -2.14. The van der Waals surface area contributed by atoms with Crippen molar-refractivity contribution in [2.75, 3.05) is 10.5 Å². The van der Waals surface area contributed by atoms with E-state index in [4.69, 9.17) is 17.3 Å². The largest absolute Gasteiger partial charge is 0.398 e. The molecular formula is C14H16ClN3O2S. The van der Waals surface area contributed by atoms with Crippen LogP contribution in [0.2, 0.25) is 5.15 Å². The molecule has 112 valence electrons. The van der Waals surface area contributed by atoms with Crippen molar-refractivity contribution in [2.45, 2.75) is 25.7 Å². The van der Waals surface area contributed by atoms with Gasteiger partial charge in [-0.3, -0.25) is 4.72 Å². The van der Waals surface area contributed by atoms with Gasteiger partial charge in [-0.25, -0.2) is 13.4 Å². The van der Waals surface area contributed by atoms with Crippen molar-refractivity contribution in [1.82, 2.24) is 4.98 Å². The summed E-state index contributed by atoms with van der Waals surface area (Å²) >= 11 is 5.95. The van der Waals surface area contributed by atoms with Crippen LogP contribution >= 0.6 is 11.6 Å². The van der Waals surface area contributed by atoms with Gasteiger partial charge in [0.25, 0.3) is 10.0 Å². The van der Waals surface area contributed by atoms with E-state index < -0.39 is 10.0 Å². The number of anilines is 2. The third-order valence-corrected chi connectivity index (χ3v) is 4.96. The maximum absolute atomic E-state index is 12.5. The molecule has 1 heterocycles. The van der Waals surface area contributed by atoms with E-state index in [1.807, 2.05) is 13.8 Å². The van der Waals surface area contributed by atoms with Gasteiger partial charge in [0.05, 0.1) is 11.4 Å². The molecule has 3 N–H and O–H groups in total. The lowest BCUT2D eigenvalue weighted by atomic mass is 10.1. The van der Waals surface area contributed by atoms with Crippen LogP contribution in [0.15, 0.2) is 29.3 Å². The van der Waals surface area contributed by atoms with Crippen LogP contribution in [0.25, 0.3) is 0 Å². The van der Waals surface area contributed by atoms with Gasteiger partial charge in [-0.15, -0.1) is 0 Å². The molecule has 0 fully saturated rings. The number of nitrogens with one attached hydrogen (secondary N) is 1. The molecule has 0 bridgehead atoms. The van der Waals surface area contributed by atoms with Crippen LogP contribution in [0.1, 0.15) is 16.7 Å². The zero-order valence-electron chi connectivity index (χ0n) is 11.9. The van der Waals surface area contributed by atoms with Gasteiger partial charge in [0.2, 0.25) is 0 Å². The summed E-state index contributed by atoms with van der Waals surface area (Å²) in [6.45, 7) is 5.45. The highest BCUT2D eigenvalue weighted by molar-refractivity contribution is 7.93. The smallest absolute Gasteiger partial charge is 0.264 e. The molecule has 0 spiro atoms. The second kappa shape index (κ2) is 5.54. The average Bonchev–Trinajstić information content (AvgIpc) is 2.38. The Morgan fingerprint density at radius 1 is 1.14 bits per heavy atom. The first-order valence-electron chi connectivity index (χ1n) is 6.23. The van der Waals surface area contributed by atoms with Crippen LogP contribution < -0.4 is 10.5 Å². The fourth-order valence-corrected chi connectivity index (χ4v) is 3.53. The number of nitrogens with two attached hydrogens (primary N) is 1. The van der Waals surface area contributed by atoms with Crippen LogP contribution in [0.5, 0.6) is 0 Å². The highest BCUT2D eigenvalue weighted by atomic mass is 35.5. The molecule has 7 heteroatoms. The molecule has 0 unspecified atom stereocenters. The summed E-state index contributed by atoms with van der Waals surface area (Å²) in [4.78, 5) is 3.91. The molecule has 1 aromatic heterocycles. The number of nitrogens with zero attached hydrogens (tertiary/aromatic N) is 1. The molecule has 0 saturated heterocycles. The zero-order chi connectivity index (χ0) is 15.8. The summed E-state index contributed by atoms with van der Waals surface area (Å²) in [7, 11) is -3.83. The molecule has 0 radical (unpaired) electrons. The third kappa shape index (κ3) is 3.11. The minimum atomic E-state index is -3.83. The van der Waals surface area contributed by atoms with Crippen molar-refractivity contribution in [3.8, 4) is 0 Å². The van der Waals surface area contributed by atoms with Crippen LogP contribution in [-0.4, -0.2) is 13.4 Å². The predicted molar refractivity (Wildman–Crippen MR) is 85.1 cm³/mol. The van der Waals surface area contributed by atoms with E-state index in [-0.39, 0.29) is 21.4 Å². The molecule has 0 amide bonds. The van der Waals surface area contributed by atoms with Crippen molar-refractivity contribution in [1.29, 1.82) is 0 Å². The standard InChI is InChI=1S/C14H16ClN3O2S/c1-8-4-5-17-14(15)13(8)18-21(19,20)12-7-10(3)9(2)6-11(12)16/h4-7,18H,16H2,1-3H3. The van der Waals surface area contributed by atoms with E-state index in [1.165, 1.54) is 6.20 Å². The molecule has 2 aromatic rings. The maximum Gasteiger partial charge on any atom is 0.264 e. The second-order valence-corrected chi connectivity index (χ2v) is 6.88. The number of aryl methyl sites for hydroxylation is 3. The number of sulfonamides is 1. The summed E-state index contributed by atoms with van der Waals surface area (Å²) < 4.78 is 27.5. The Morgan fingerprint density at radius 3 is 2.38 bits per heavy atom. The monoisotopic (exact) mass is 325 g/mol. The van der Waals surface area contributed by atoms with Gasteiger partial charge in [-0.2, -0.15) is 0 Å². The Hall–Kier alpha value is -1.79. The van der Waals surface area contributed by atoms with Gasteiger partial charge in [0, 0.05) is 6.20 Å². The molecule has 0 aliphatic rings. The van der Waals surface area contributed by atoms with E-state index in [9.17, 15) is 8.42 Å². The normalized spacial score (nSPS) is 11.4. The summed E-state index contributed by atoms with van der Waals surface area (Å²) in [6.07, 6.45) is 1.51. The van der Waals surface area contributed by atoms with Crippen molar-refractivity contribution in [3.05, 3.63) is 46.2 Å². The zero-order valence-corrected chi connectivity index (χ0v) is 13.5. The lowest BCUT2D eigenvalue weighted by molar-refractivity contribution is 0.601. The minimum Gasteiger partial charge on any atom is -0.398 e. The number of aromatic nitrogens is 1. The van der Waals surface area contributed by atoms with Crippen molar-refractivity contribution in [2.24, 2.45) is 0 Å². The number of hydrogen-bond donors (Lipinski definition) is 2. The molecule has 21 heavy (non-hydrogen) atoms. The van der Waals surface area contributed by atoms with Gasteiger partial charge in [0.15, 0.2) is 5.15 Å². The average molecular weight is 326 g/mol. The SMILES string of the molecule is Cc1cc(N)c(S(=O)(=O)Nc2c(C)ccnc2Cl)cc1C. The van der Waals surface area contributed by atoms with Crippen molar-refractivity contribution >= 4 is 33.0 Å². The van der Waals surface area contributed by atoms with Crippen LogP contribution in [-0.2, 0) is 10.0 Å². The van der Waals surface area contributed by atoms with Crippen molar-refractivity contribution < 1.29 is 8.42 Å². The van der Waals surface area contributed by atoms with E-state index in [0.29, 0.717) is 5.56 Å². The Kier molecular flexibility index (Phi) is 4.11. The molecule has 0 aliphatic heterocycles. The number of halogens is 1. The van der Waals surface area contributed by atoms with Gasteiger partial charge < -0.3 is 5.73 Å². The minimum absolute atomic E-state index is 0.0323. The number of rotatable bonds is 3. The molecule has 5 nitrogen and oxygen atoms in total. The summed E-state index contributed by atoms with van der Waals surface area (Å²) in [5.74, 6) is 0. The second-order valence-electron chi connectivity index (χ2n) is 4.87. The number of benzene rings is 1. The van der Waals surface area contributed by atoms with Crippen LogP contribution in [0.4, 0.5) is 11.4 Å². The number of hydrogen-bond acceptors (Lipinski definition) is 4. The highest BCUT2D eigenvalue weighted by Gasteiger charge is 2.21. The Bertz CT molecular complexity index is 784. The van der Waals surface area contributed by atoms with E-state index >= 15 is 0 Å². The molecule has 0 saturated carbocycles. The highest BCUT2D eigenvalue weighted by Crippen LogP contribution is 2.29. The van der Waals surface area contributed by atoms with Gasteiger partial charge in [-0.1, -0.05) is 11.6 Å². The first-order chi connectivity index (χ1) is 9.72. The van der Waals surface area contributed by atoms with E-state index in [2.05, 4.69) is 9.71 Å². The first-order valence-corrected chi connectivity index (χ1v) is 8.09. The molecule has 1 aromatic carbocycles. The number of pyridine rings is 1. The maximum atomic E-state index is 12.5. The number of nitrogen functional groups attached to an aromatic ring is 1. The summed E-state index contributed by atoms with van der Waals surface area (Å²) in [5.41, 5.74) is 8.76. The molecular weight excluding hydrogens is 310 g/mol. The van der Waals surface area contributed by atoms with E-state index in [1.54, 1.807) is 25.1 Å². The third-order valence-electron chi connectivity index (χ3n) is 3.27. The fraction of sp³-hybridized carbons (Fsp3) is 0.214. The first kappa shape index (κ1) is 15.6. The molecule has 0 aliphatic carbocycles. The van der Waals surface area contributed by atoms with Crippen LogP contribution in [0.3, 0.4) is 0 Å². The van der Waals surface area contributed by atoms with Crippen LogP contribution in [0, 0.1) is 20.8 Å². The summed E-state index contributed by atoms with van der Waals surface area (Å²) in [6, 6.07) is 4.86. The lowest BCUT2D eigenvalue weighted by Crippen LogP contribution is -2.16. The molecule has 0 atom stereocenters. The van der Waals surface area contributed by atoms with Gasteiger partial charge >= 0.3 is 0 Å². The Balaban J connectivity index is 2.51. The van der Waals surface area contributed by atoms with Gasteiger partial charge in [-0.05, 0) is 55.7 Å². The Morgan fingerprint density at radius 2 is 1.76 bits per heavy atom. The Labute approximate surface area is 129 Å². The fourth-order valence-electron chi connectivity index (χ4n) is 1.88. The quantitative estimate of drug-likeness (QED) is 0.671. The van der Waals surface area contributed by atoms with Gasteiger partial charge in [0.1, 0.15) is 4.90 Å². The topological polar surface area (TPSA) is 85.1 Å². The van der Waals surface area contributed by atoms with Crippen molar-refractivity contribution in [3.63, 3.8) is 0 Å². The van der Waals surface area contributed by atoms with E-state index in [0.717, 1.165) is 11.1 Å².